The fourth-order valence-corrected chi connectivity index (χ4v) is 3.01. The maximum absolute atomic E-state index is 11.8. The van der Waals surface area contributed by atoms with Crippen LogP contribution >= 0.6 is 23.1 Å². The molecule has 0 radical (unpaired) electrons. The van der Waals surface area contributed by atoms with E-state index in [0.717, 1.165) is 16.3 Å². The van der Waals surface area contributed by atoms with Crippen LogP contribution in [0.3, 0.4) is 0 Å². The Morgan fingerprint density at radius 1 is 1.17 bits per heavy atom. The van der Waals surface area contributed by atoms with Crippen LogP contribution in [0.1, 0.15) is 5.56 Å². The molecule has 0 spiro atoms. The van der Waals surface area contributed by atoms with Crippen LogP contribution in [-0.4, -0.2) is 26.8 Å². The van der Waals surface area contributed by atoms with E-state index in [1.54, 1.807) is 6.20 Å². The van der Waals surface area contributed by atoms with Gasteiger partial charge >= 0.3 is 0 Å². The minimum atomic E-state index is -0.102. The van der Waals surface area contributed by atoms with Gasteiger partial charge in [0.05, 0.1) is 11.4 Å². The molecule has 0 fully saturated rings. The normalized spacial score (nSPS) is 10.5. The lowest BCUT2D eigenvalue weighted by Gasteiger charge is -2.03. The highest BCUT2D eigenvalue weighted by Crippen LogP contribution is 2.20. The molecule has 2 aromatic heterocycles. The lowest BCUT2D eigenvalue weighted by atomic mass is 10.1. The average Bonchev–Trinajstić information content (AvgIpc) is 3.07. The molecule has 2 heterocycles. The Bertz CT molecular complexity index is 771. The zero-order valence-electron chi connectivity index (χ0n) is 12.4. The minimum absolute atomic E-state index is 0.102. The van der Waals surface area contributed by atoms with Gasteiger partial charge in [-0.05, 0) is 19.1 Å². The molecule has 0 aliphatic rings. The van der Waals surface area contributed by atoms with E-state index in [-0.39, 0.29) is 11.7 Å². The summed E-state index contributed by atoms with van der Waals surface area (Å²) in [5.41, 5.74) is 3.06. The number of amides is 1. The van der Waals surface area contributed by atoms with Crippen LogP contribution in [0.25, 0.3) is 11.3 Å². The van der Waals surface area contributed by atoms with Crippen molar-refractivity contribution < 1.29 is 4.79 Å². The van der Waals surface area contributed by atoms with Crippen LogP contribution in [-0.2, 0) is 4.79 Å². The van der Waals surface area contributed by atoms with Crippen molar-refractivity contribution in [3.8, 4) is 11.3 Å². The van der Waals surface area contributed by atoms with Crippen LogP contribution in [0.2, 0.25) is 0 Å². The zero-order valence-corrected chi connectivity index (χ0v) is 14.0. The number of nitrogens with zero attached hydrogens (tertiary/aromatic N) is 3. The molecule has 23 heavy (non-hydrogen) atoms. The van der Waals surface area contributed by atoms with Crippen molar-refractivity contribution >= 4 is 34.1 Å². The van der Waals surface area contributed by atoms with Crippen LogP contribution < -0.4 is 5.32 Å². The molecule has 0 aliphatic heterocycles. The molecule has 3 rings (SSSR count). The molecule has 0 saturated heterocycles. The Balaban J connectivity index is 1.57. The summed E-state index contributed by atoms with van der Waals surface area (Å²) < 4.78 is 0. The van der Waals surface area contributed by atoms with Gasteiger partial charge in [-0.1, -0.05) is 41.6 Å². The summed E-state index contributed by atoms with van der Waals surface area (Å²) in [5, 5.41) is 14.3. The number of anilines is 1. The van der Waals surface area contributed by atoms with Gasteiger partial charge in [-0.2, -0.15) is 0 Å². The molecule has 5 nitrogen and oxygen atoms in total. The summed E-state index contributed by atoms with van der Waals surface area (Å²) in [4.78, 5) is 15.8. The summed E-state index contributed by atoms with van der Waals surface area (Å²) in [6, 6.07) is 11.9. The number of carbonyl (C=O) groups is 1. The van der Waals surface area contributed by atoms with Gasteiger partial charge in [-0.15, -0.1) is 21.5 Å². The second-order valence-electron chi connectivity index (χ2n) is 4.80. The van der Waals surface area contributed by atoms with Gasteiger partial charge in [-0.3, -0.25) is 4.79 Å². The van der Waals surface area contributed by atoms with E-state index >= 15 is 0 Å². The lowest BCUT2D eigenvalue weighted by molar-refractivity contribution is -0.113. The van der Waals surface area contributed by atoms with Gasteiger partial charge in [0.15, 0.2) is 5.13 Å². The first-order valence-corrected chi connectivity index (χ1v) is 8.80. The van der Waals surface area contributed by atoms with Crippen LogP contribution in [0, 0.1) is 6.92 Å². The summed E-state index contributed by atoms with van der Waals surface area (Å²) in [7, 11) is 0. The van der Waals surface area contributed by atoms with Gasteiger partial charge in [-0.25, -0.2) is 4.98 Å². The predicted octanol–water partition coefficient (Wildman–Crippen LogP) is 3.64. The maximum Gasteiger partial charge on any atom is 0.236 e. The van der Waals surface area contributed by atoms with Crippen molar-refractivity contribution in [2.75, 3.05) is 11.1 Å². The molecule has 0 bridgehead atoms. The smallest absolute Gasteiger partial charge is 0.236 e. The fraction of sp³-hybridized carbons (Fsp3) is 0.125. The van der Waals surface area contributed by atoms with E-state index in [1.807, 2.05) is 48.7 Å². The largest absolute Gasteiger partial charge is 0.301 e. The van der Waals surface area contributed by atoms with Crippen molar-refractivity contribution in [1.82, 2.24) is 15.2 Å². The summed E-state index contributed by atoms with van der Waals surface area (Å²) in [6.07, 6.45) is 1.66. The van der Waals surface area contributed by atoms with Gasteiger partial charge in [0.2, 0.25) is 5.91 Å². The molecule has 116 valence electrons. The molecular formula is C16H14N4OS2. The Kier molecular flexibility index (Phi) is 4.99. The summed E-state index contributed by atoms with van der Waals surface area (Å²) in [6.45, 7) is 2.05. The Hall–Kier alpha value is -2.25. The van der Waals surface area contributed by atoms with Gasteiger partial charge in [0, 0.05) is 17.1 Å². The van der Waals surface area contributed by atoms with Crippen LogP contribution in [0.15, 0.2) is 53.0 Å². The van der Waals surface area contributed by atoms with Crippen molar-refractivity contribution in [2.45, 2.75) is 11.9 Å². The molecule has 0 saturated carbocycles. The number of thioether (sulfide) groups is 1. The van der Waals surface area contributed by atoms with E-state index in [4.69, 9.17) is 0 Å². The first kappa shape index (κ1) is 15.6. The van der Waals surface area contributed by atoms with E-state index in [2.05, 4.69) is 20.5 Å². The number of aromatic nitrogens is 3. The number of hydrogen-bond donors (Lipinski definition) is 1. The fourth-order valence-electron chi connectivity index (χ4n) is 1.86. The Labute approximate surface area is 142 Å². The van der Waals surface area contributed by atoms with Crippen molar-refractivity contribution in [1.29, 1.82) is 0 Å². The second kappa shape index (κ2) is 7.34. The predicted molar refractivity (Wildman–Crippen MR) is 93.7 cm³/mol. The first-order valence-electron chi connectivity index (χ1n) is 6.93. The molecule has 1 aromatic carbocycles. The zero-order chi connectivity index (χ0) is 16.1. The number of carbonyl (C=O) groups excluding carboxylic acids is 1. The number of rotatable bonds is 5. The number of nitrogens with one attached hydrogen (secondary N) is 1. The Morgan fingerprint density at radius 2 is 2.00 bits per heavy atom. The van der Waals surface area contributed by atoms with E-state index in [9.17, 15) is 4.79 Å². The standard InChI is InChI=1S/C16H14N4OS2/c1-11-2-4-12(5-3-11)13-6-7-15(20-19-13)23-10-14(21)18-16-17-8-9-22-16/h2-9H,10H2,1H3,(H,17,18,21). The minimum Gasteiger partial charge on any atom is -0.301 e. The number of thiazole rings is 1. The summed E-state index contributed by atoms with van der Waals surface area (Å²) in [5.74, 6) is 0.173. The second-order valence-corrected chi connectivity index (χ2v) is 6.69. The van der Waals surface area contributed by atoms with Crippen LogP contribution in [0.4, 0.5) is 5.13 Å². The number of aryl methyl sites for hydroxylation is 1. The number of benzene rings is 1. The highest BCUT2D eigenvalue weighted by molar-refractivity contribution is 7.99. The monoisotopic (exact) mass is 342 g/mol. The molecule has 1 N–H and O–H groups in total. The van der Waals surface area contributed by atoms with E-state index in [1.165, 1.54) is 28.7 Å². The highest BCUT2D eigenvalue weighted by atomic mass is 32.2. The molecule has 0 aliphatic carbocycles. The molecule has 1 amide bonds. The topological polar surface area (TPSA) is 67.8 Å². The van der Waals surface area contributed by atoms with Gasteiger partial charge in [0.1, 0.15) is 5.03 Å². The first-order chi connectivity index (χ1) is 11.2. The SMILES string of the molecule is Cc1ccc(-c2ccc(SCC(=O)Nc3nccs3)nn2)cc1. The molecule has 0 unspecified atom stereocenters. The van der Waals surface area contributed by atoms with Crippen molar-refractivity contribution in [3.05, 3.63) is 53.5 Å². The third kappa shape index (κ3) is 4.37. The molecular weight excluding hydrogens is 328 g/mol. The van der Waals surface area contributed by atoms with Gasteiger partial charge in [0.25, 0.3) is 0 Å². The average molecular weight is 342 g/mol. The van der Waals surface area contributed by atoms with E-state index < -0.39 is 0 Å². The lowest BCUT2D eigenvalue weighted by Crippen LogP contribution is -2.13. The quantitative estimate of drug-likeness (QED) is 0.717. The van der Waals surface area contributed by atoms with E-state index in [0.29, 0.717) is 5.13 Å². The molecule has 3 aromatic rings. The van der Waals surface area contributed by atoms with Gasteiger partial charge < -0.3 is 5.32 Å². The van der Waals surface area contributed by atoms with Crippen molar-refractivity contribution in [2.24, 2.45) is 0 Å². The Morgan fingerprint density at radius 3 is 2.65 bits per heavy atom. The molecule has 0 atom stereocenters. The third-order valence-corrected chi connectivity index (χ3v) is 4.63. The van der Waals surface area contributed by atoms with Crippen LogP contribution in [0.5, 0.6) is 0 Å². The molecule has 7 heteroatoms. The number of hydrogen-bond acceptors (Lipinski definition) is 6. The summed E-state index contributed by atoms with van der Waals surface area (Å²) >= 11 is 2.74. The third-order valence-electron chi connectivity index (χ3n) is 3.02. The maximum atomic E-state index is 11.8. The van der Waals surface area contributed by atoms with Crippen molar-refractivity contribution in [3.63, 3.8) is 0 Å². The highest BCUT2D eigenvalue weighted by Gasteiger charge is 2.07.